The van der Waals surface area contributed by atoms with Gasteiger partial charge in [-0.1, -0.05) is 12.1 Å². The van der Waals surface area contributed by atoms with Crippen LogP contribution in [-0.2, 0) is 14.3 Å². The number of esters is 1. The van der Waals surface area contributed by atoms with Crippen LogP contribution in [0.15, 0.2) is 24.3 Å². The summed E-state index contributed by atoms with van der Waals surface area (Å²) in [4.78, 5) is 11.7. The molecule has 20 heavy (non-hydrogen) atoms. The summed E-state index contributed by atoms with van der Waals surface area (Å²) < 4.78 is 44.5. The van der Waals surface area contributed by atoms with E-state index in [2.05, 4.69) is 4.74 Å². The van der Waals surface area contributed by atoms with Gasteiger partial charge in [-0.2, -0.15) is 13.2 Å². The van der Waals surface area contributed by atoms with Gasteiger partial charge in [-0.3, -0.25) is 4.79 Å². The lowest BCUT2D eigenvalue weighted by atomic mass is 10.0. The number of ether oxygens (including phenoxy) is 2. The zero-order chi connectivity index (χ0) is 15.2. The van der Waals surface area contributed by atoms with E-state index in [4.69, 9.17) is 10.5 Å². The predicted molar refractivity (Wildman–Crippen MR) is 67.1 cm³/mol. The van der Waals surface area contributed by atoms with Crippen LogP contribution in [-0.4, -0.2) is 32.0 Å². The van der Waals surface area contributed by atoms with Crippen LogP contribution >= 0.6 is 0 Å². The molecule has 1 aromatic rings. The minimum atomic E-state index is -4.38. The van der Waals surface area contributed by atoms with E-state index in [1.165, 1.54) is 0 Å². The van der Waals surface area contributed by atoms with E-state index in [-0.39, 0.29) is 13.2 Å². The number of hydrogen-bond donors (Lipinski definition) is 1. The number of carbonyl (C=O) groups is 1. The van der Waals surface area contributed by atoms with Gasteiger partial charge in [0.2, 0.25) is 0 Å². The van der Waals surface area contributed by atoms with Crippen LogP contribution < -0.4 is 5.73 Å². The number of anilines is 1. The van der Waals surface area contributed by atoms with Crippen molar-refractivity contribution in [3.63, 3.8) is 0 Å². The third kappa shape index (κ3) is 5.92. The molecule has 2 N–H and O–H groups in total. The standard InChI is InChI=1S/C13H16F3NO3/c1-9(10-3-2-4-11(17)7-10)12(18)20-6-5-19-8-13(14,15)16/h2-4,7,9H,5-6,8,17H2,1H3. The second kappa shape index (κ2) is 7.14. The molecule has 0 spiro atoms. The molecule has 4 nitrogen and oxygen atoms in total. The first kappa shape index (κ1) is 16.3. The molecule has 1 unspecified atom stereocenters. The zero-order valence-electron chi connectivity index (χ0n) is 10.9. The second-order valence-electron chi connectivity index (χ2n) is 4.23. The van der Waals surface area contributed by atoms with Crippen molar-refractivity contribution >= 4 is 11.7 Å². The Morgan fingerprint density at radius 1 is 1.35 bits per heavy atom. The molecule has 1 aromatic carbocycles. The molecule has 0 bridgehead atoms. The topological polar surface area (TPSA) is 61.5 Å². The van der Waals surface area contributed by atoms with Crippen LogP contribution in [0.1, 0.15) is 18.4 Å². The number of nitrogen functional groups attached to an aromatic ring is 1. The van der Waals surface area contributed by atoms with Crippen LogP contribution in [0.3, 0.4) is 0 Å². The molecule has 1 atom stereocenters. The van der Waals surface area contributed by atoms with Crippen LogP contribution in [0.25, 0.3) is 0 Å². The highest BCUT2D eigenvalue weighted by Gasteiger charge is 2.27. The smallest absolute Gasteiger partial charge is 0.411 e. The highest BCUT2D eigenvalue weighted by atomic mass is 19.4. The van der Waals surface area contributed by atoms with Crippen LogP contribution in [0.5, 0.6) is 0 Å². The Hall–Kier alpha value is -1.76. The van der Waals surface area contributed by atoms with Crippen LogP contribution in [0.4, 0.5) is 18.9 Å². The molecule has 7 heteroatoms. The maximum atomic E-state index is 11.8. The molecule has 0 aliphatic carbocycles. The predicted octanol–water partition coefficient (Wildman–Crippen LogP) is 2.49. The molecule has 0 aliphatic rings. The average Bonchev–Trinajstić information content (AvgIpc) is 2.36. The third-order valence-electron chi connectivity index (χ3n) is 2.50. The van der Waals surface area contributed by atoms with E-state index in [9.17, 15) is 18.0 Å². The summed E-state index contributed by atoms with van der Waals surface area (Å²) in [6.45, 7) is -0.237. The van der Waals surface area contributed by atoms with Crippen molar-refractivity contribution in [2.45, 2.75) is 19.0 Å². The van der Waals surface area contributed by atoms with Crippen molar-refractivity contribution in [2.75, 3.05) is 25.6 Å². The van der Waals surface area contributed by atoms with Crippen molar-refractivity contribution in [1.29, 1.82) is 0 Å². The Kier molecular flexibility index (Phi) is 5.82. The number of alkyl halides is 3. The molecular weight excluding hydrogens is 275 g/mol. The molecule has 1 rings (SSSR count). The molecule has 0 radical (unpaired) electrons. The van der Waals surface area contributed by atoms with Crippen LogP contribution in [0, 0.1) is 0 Å². The van der Waals surface area contributed by atoms with E-state index in [0.29, 0.717) is 11.3 Å². The van der Waals surface area contributed by atoms with Gasteiger partial charge in [0.25, 0.3) is 0 Å². The molecule has 112 valence electrons. The summed E-state index contributed by atoms with van der Waals surface area (Å²) in [7, 11) is 0. The lowest BCUT2D eigenvalue weighted by molar-refractivity contribution is -0.177. The van der Waals surface area contributed by atoms with Crippen molar-refractivity contribution in [3.8, 4) is 0 Å². The number of rotatable bonds is 6. The van der Waals surface area contributed by atoms with Gasteiger partial charge in [-0.25, -0.2) is 0 Å². The van der Waals surface area contributed by atoms with Gasteiger partial charge in [0.15, 0.2) is 0 Å². The SMILES string of the molecule is CC(C(=O)OCCOCC(F)(F)F)c1cccc(N)c1. The number of benzene rings is 1. The van der Waals surface area contributed by atoms with Gasteiger partial charge in [0.1, 0.15) is 13.2 Å². The fourth-order valence-corrected chi connectivity index (χ4v) is 1.48. The Labute approximate surface area is 114 Å². The second-order valence-corrected chi connectivity index (χ2v) is 4.23. The molecule has 0 amide bonds. The number of carbonyl (C=O) groups excluding carboxylic acids is 1. The Morgan fingerprint density at radius 3 is 2.65 bits per heavy atom. The summed E-state index contributed by atoms with van der Waals surface area (Å²) in [5.41, 5.74) is 6.81. The normalized spacial score (nSPS) is 13.0. The molecule has 0 aliphatic heterocycles. The summed E-state index contributed by atoms with van der Waals surface area (Å²) in [5.74, 6) is -1.08. The first-order valence-corrected chi connectivity index (χ1v) is 5.96. The highest BCUT2D eigenvalue weighted by Crippen LogP contribution is 2.19. The summed E-state index contributed by atoms with van der Waals surface area (Å²) in [6, 6.07) is 6.77. The van der Waals surface area contributed by atoms with E-state index in [1.807, 2.05) is 0 Å². The first-order valence-electron chi connectivity index (χ1n) is 5.96. The van der Waals surface area contributed by atoms with Gasteiger partial charge in [-0.15, -0.1) is 0 Å². The fraction of sp³-hybridized carbons (Fsp3) is 0.462. The Morgan fingerprint density at radius 2 is 2.05 bits per heavy atom. The third-order valence-corrected chi connectivity index (χ3v) is 2.50. The van der Waals surface area contributed by atoms with Gasteiger partial charge < -0.3 is 15.2 Å². The van der Waals surface area contributed by atoms with E-state index in [0.717, 1.165) is 0 Å². The first-order chi connectivity index (χ1) is 9.29. The van der Waals surface area contributed by atoms with E-state index in [1.54, 1.807) is 31.2 Å². The maximum absolute atomic E-state index is 11.8. The quantitative estimate of drug-likeness (QED) is 0.497. The molecule has 0 saturated heterocycles. The molecular formula is C13H16F3NO3. The Balaban J connectivity index is 2.32. The average molecular weight is 291 g/mol. The molecule has 0 fully saturated rings. The minimum absolute atomic E-state index is 0.221. The Bertz CT molecular complexity index is 449. The summed E-state index contributed by atoms with van der Waals surface area (Å²) in [6.07, 6.45) is -4.38. The number of halogens is 3. The van der Waals surface area contributed by atoms with Crippen LogP contribution in [0.2, 0.25) is 0 Å². The van der Waals surface area contributed by atoms with E-state index < -0.39 is 24.7 Å². The van der Waals surface area contributed by atoms with Crippen molar-refractivity contribution in [2.24, 2.45) is 0 Å². The fourth-order valence-electron chi connectivity index (χ4n) is 1.48. The number of hydrogen-bond acceptors (Lipinski definition) is 4. The zero-order valence-corrected chi connectivity index (χ0v) is 10.9. The number of nitrogens with two attached hydrogens (primary N) is 1. The van der Waals surface area contributed by atoms with E-state index >= 15 is 0 Å². The van der Waals surface area contributed by atoms with Crippen molar-refractivity contribution in [1.82, 2.24) is 0 Å². The van der Waals surface area contributed by atoms with Crippen molar-refractivity contribution in [3.05, 3.63) is 29.8 Å². The maximum Gasteiger partial charge on any atom is 0.411 e. The van der Waals surface area contributed by atoms with Crippen molar-refractivity contribution < 1.29 is 27.4 Å². The summed E-state index contributed by atoms with van der Waals surface area (Å²) >= 11 is 0. The minimum Gasteiger partial charge on any atom is -0.463 e. The van der Waals surface area contributed by atoms with Gasteiger partial charge in [-0.05, 0) is 24.6 Å². The lowest BCUT2D eigenvalue weighted by Crippen LogP contribution is -2.21. The molecule has 0 heterocycles. The molecule has 0 aromatic heterocycles. The highest BCUT2D eigenvalue weighted by molar-refractivity contribution is 5.78. The largest absolute Gasteiger partial charge is 0.463 e. The lowest BCUT2D eigenvalue weighted by Gasteiger charge is -2.13. The summed E-state index contributed by atoms with van der Waals surface area (Å²) in [5, 5.41) is 0. The molecule has 0 saturated carbocycles. The van der Waals surface area contributed by atoms with Gasteiger partial charge in [0.05, 0.1) is 12.5 Å². The van der Waals surface area contributed by atoms with Gasteiger partial charge >= 0.3 is 12.1 Å². The van der Waals surface area contributed by atoms with Gasteiger partial charge in [0, 0.05) is 5.69 Å². The monoisotopic (exact) mass is 291 g/mol.